The molecule has 0 aromatic carbocycles. The molecule has 0 radical (unpaired) electrons. The second-order valence-corrected chi connectivity index (χ2v) is 10.6. The average molecular weight is 397 g/mol. The number of nitrogens with zero attached hydrogens (tertiary/aromatic N) is 4. The Morgan fingerprint density at radius 2 is 1.93 bits per heavy atom. The molecule has 1 saturated carbocycles. The lowest BCUT2D eigenvalue weighted by Gasteiger charge is -2.39. The van der Waals surface area contributed by atoms with Gasteiger partial charge in [0.15, 0.2) is 0 Å². The van der Waals surface area contributed by atoms with Crippen molar-refractivity contribution in [3.8, 4) is 0 Å². The summed E-state index contributed by atoms with van der Waals surface area (Å²) in [6.07, 6.45) is 6.55. The number of fused-ring (bicyclic) bond motifs is 1. The van der Waals surface area contributed by atoms with Crippen molar-refractivity contribution in [2.45, 2.75) is 51.5 Å². The molecular weight excluding hydrogens is 360 g/mol. The lowest BCUT2D eigenvalue weighted by atomic mass is 9.86. The number of hydrogen-bond donors (Lipinski definition) is 2. The number of nitrogens with one attached hydrogen (secondary N) is 2. The van der Waals surface area contributed by atoms with Gasteiger partial charge < -0.3 is 15.5 Å². The van der Waals surface area contributed by atoms with Crippen molar-refractivity contribution in [2.24, 2.45) is 15.3 Å². The van der Waals surface area contributed by atoms with Crippen molar-refractivity contribution < 1.29 is 4.21 Å². The number of aliphatic imine (C=N–C) groups is 1. The molecule has 154 valence electrons. The summed E-state index contributed by atoms with van der Waals surface area (Å²) in [4.78, 5) is 6.95. The van der Waals surface area contributed by atoms with Gasteiger partial charge in [-0.15, -0.1) is 0 Å². The van der Waals surface area contributed by atoms with Crippen LogP contribution in [0.15, 0.2) is 20.7 Å². The maximum Gasteiger partial charge on any atom is 0.129 e. The highest BCUT2D eigenvalue weighted by Crippen LogP contribution is 2.31. The maximum atomic E-state index is 13.2. The van der Waals surface area contributed by atoms with Gasteiger partial charge in [0.25, 0.3) is 0 Å². The molecule has 1 saturated heterocycles. The first-order valence-electron chi connectivity index (χ1n) is 10.3. The van der Waals surface area contributed by atoms with Crippen molar-refractivity contribution in [1.82, 2.24) is 19.8 Å². The van der Waals surface area contributed by atoms with Crippen LogP contribution in [-0.4, -0.2) is 71.9 Å². The molecule has 0 aromatic heterocycles. The minimum absolute atomic E-state index is 0.507. The molecule has 1 atom stereocenters. The molecule has 7 nitrogen and oxygen atoms in total. The van der Waals surface area contributed by atoms with E-state index in [1.54, 1.807) is 0 Å². The molecule has 3 aliphatic rings. The molecule has 2 N–H and O–H groups in total. The van der Waals surface area contributed by atoms with Gasteiger partial charge in [0.1, 0.15) is 28.2 Å². The van der Waals surface area contributed by atoms with Crippen LogP contribution in [-0.2, 0) is 9.92 Å². The van der Waals surface area contributed by atoms with Gasteiger partial charge >= 0.3 is 0 Å². The van der Waals surface area contributed by atoms with E-state index in [0.717, 1.165) is 50.9 Å². The van der Waals surface area contributed by atoms with Gasteiger partial charge in [-0.25, -0.2) is 17.9 Å². The molecule has 8 heteroatoms. The van der Waals surface area contributed by atoms with Crippen molar-refractivity contribution in [3.05, 3.63) is 11.4 Å². The second-order valence-electron chi connectivity index (χ2n) is 8.07. The Morgan fingerprint density at radius 1 is 1.19 bits per heavy atom. The number of rotatable bonds is 7. The summed E-state index contributed by atoms with van der Waals surface area (Å²) in [6.45, 7) is 4.42. The highest BCUT2D eigenvalue weighted by Gasteiger charge is 2.31. The summed E-state index contributed by atoms with van der Waals surface area (Å²) in [6, 6.07) is 0.541. The lowest BCUT2D eigenvalue weighted by Crippen LogP contribution is -2.43. The Morgan fingerprint density at radius 3 is 2.59 bits per heavy atom. The smallest absolute Gasteiger partial charge is 0.129 e. The van der Waals surface area contributed by atoms with Gasteiger partial charge in [-0.1, -0.05) is 6.92 Å². The normalized spacial score (nSPS) is 27.4. The summed E-state index contributed by atoms with van der Waals surface area (Å²) >= 11 is 0. The molecule has 0 amide bonds. The van der Waals surface area contributed by atoms with Crippen LogP contribution in [0.1, 0.15) is 45.4 Å². The summed E-state index contributed by atoms with van der Waals surface area (Å²) < 4.78 is 19.6. The summed E-state index contributed by atoms with van der Waals surface area (Å²) in [7, 11) is 3.77. The Labute approximate surface area is 165 Å². The molecule has 1 unspecified atom stereocenters. The monoisotopic (exact) mass is 396 g/mol. The van der Waals surface area contributed by atoms with E-state index >= 15 is 0 Å². The third kappa shape index (κ3) is 4.59. The van der Waals surface area contributed by atoms with Crippen LogP contribution in [0.3, 0.4) is 0 Å². The van der Waals surface area contributed by atoms with E-state index in [1.807, 2.05) is 18.4 Å². The van der Waals surface area contributed by atoms with Crippen LogP contribution in [0.25, 0.3) is 0 Å². The standard InChI is InChI=1S/C19H36N6OS/c1-5-11-23-27(26,24(2)3)13-15-6-8-16(9-7-15)25(4)19-17-10-12-20-18(17)21-14-22-19/h15-16,22H,5-14H2,1-4H3,(H,20,21). The minimum Gasteiger partial charge on any atom is -0.370 e. The molecule has 2 heterocycles. The molecule has 2 aliphatic heterocycles. The predicted octanol–water partition coefficient (Wildman–Crippen LogP) is 2.00. The summed E-state index contributed by atoms with van der Waals surface area (Å²) in [5.74, 6) is 3.55. The van der Waals surface area contributed by atoms with Crippen molar-refractivity contribution in [1.29, 1.82) is 0 Å². The first kappa shape index (κ1) is 20.5. The third-order valence-electron chi connectivity index (χ3n) is 5.98. The van der Waals surface area contributed by atoms with Crippen LogP contribution < -0.4 is 10.6 Å². The van der Waals surface area contributed by atoms with Crippen molar-refractivity contribution >= 4 is 15.8 Å². The van der Waals surface area contributed by atoms with Gasteiger partial charge in [0, 0.05) is 51.6 Å². The van der Waals surface area contributed by atoms with E-state index in [9.17, 15) is 4.21 Å². The highest BCUT2D eigenvalue weighted by atomic mass is 32.2. The lowest BCUT2D eigenvalue weighted by molar-refractivity contribution is 0.196. The maximum absolute atomic E-state index is 13.2. The van der Waals surface area contributed by atoms with Gasteiger partial charge in [-0.3, -0.25) is 0 Å². The Balaban J connectivity index is 1.60. The van der Waals surface area contributed by atoms with Crippen LogP contribution >= 0.6 is 0 Å². The van der Waals surface area contributed by atoms with Gasteiger partial charge in [0.05, 0.1) is 0 Å². The zero-order valence-electron chi connectivity index (χ0n) is 17.3. The quantitative estimate of drug-likeness (QED) is 0.690. The van der Waals surface area contributed by atoms with Crippen molar-refractivity contribution in [3.63, 3.8) is 0 Å². The van der Waals surface area contributed by atoms with Gasteiger partial charge in [0.2, 0.25) is 0 Å². The molecule has 0 aromatic rings. The molecule has 0 spiro atoms. The molecule has 0 bridgehead atoms. The minimum atomic E-state index is -2.24. The first-order valence-corrected chi connectivity index (χ1v) is 11.9. The molecule has 27 heavy (non-hydrogen) atoms. The van der Waals surface area contributed by atoms with E-state index in [-0.39, 0.29) is 0 Å². The fraction of sp³-hybridized carbons (Fsp3) is 0.842. The predicted molar refractivity (Wildman–Crippen MR) is 113 cm³/mol. The zero-order chi connectivity index (χ0) is 19.4. The summed E-state index contributed by atoms with van der Waals surface area (Å²) in [5.41, 5.74) is 1.33. The fourth-order valence-corrected chi connectivity index (χ4v) is 6.34. The van der Waals surface area contributed by atoms with Crippen LogP contribution in [0.2, 0.25) is 0 Å². The van der Waals surface area contributed by atoms with Gasteiger partial charge in [-0.2, -0.15) is 0 Å². The second kappa shape index (κ2) is 8.82. The van der Waals surface area contributed by atoms with Crippen molar-refractivity contribution in [2.75, 3.05) is 46.7 Å². The summed E-state index contributed by atoms with van der Waals surface area (Å²) in [5, 5.41) is 6.87. The molecule has 1 aliphatic carbocycles. The van der Waals surface area contributed by atoms with Gasteiger partial charge in [-0.05, 0) is 44.4 Å². The average Bonchev–Trinajstić information content (AvgIpc) is 3.15. The van der Waals surface area contributed by atoms with E-state index in [1.165, 1.54) is 11.4 Å². The van der Waals surface area contributed by atoms with Crippen LogP contribution in [0, 0.1) is 5.92 Å². The Kier molecular flexibility index (Phi) is 6.68. The van der Waals surface area contributed by atoms with Crippen LogP contribution in [0.4, 0.5) is 0 Å². The molecule has 2 fully saturated rings. The first-order chi connectivity index (χ1) is 12.9. The molecular formula is C19H36N6OS. The topological polar surface area (TPSA) is 72.3 Å². The van der Waals surface area contributed by atoms with Crippen LogP contribution in [0.5, 0.6) is 0 Å². The van der Waals surface area contributed by atoms with E-state index in [2.05, 4.69) is 38.9 Å². The van der Waals surface area contributed by atoms with E-state index in [4.69, 9.17) is 0 Å². The largest absolute Gasteiger partial charge is 0.370 e. The van der Waals surface area contributed by atoms with E-state index in [0.29, 0.717) is 30.9 Å². The SMILES string of the molecule is CCCN=S(=O)(CC1CCC(N(C)C2=C3CCNC3=NCN2)CC1)N(C)C. The number of amidine groups is 1. The fourth-order valence-electron chi connectivity index (χ4n) is 4.29. The highest BCUT2D eigenvalue weighted by molar-refractivity contribution is 7.91. The molecule has 3 rings (SSSR count). The zero-order valence-corrected chi connectivity index (χ0v) is 18.1. The third-order valence-corrected chi connectivity index (χ3v) is 8.61. The van der Waals surface area contributed by atoms with E-state index < -0.39 is 9.92 Å². The number of hydrogen-bond acceptors (Lipinski definition) is 6. The Hall–Kier alpha value is -1.28. The Bertz CT molecular complexity index is 699.